The number of benzene rings is 1. The highest BCUT2D eigenvalue weighted by atomic mass is 32.2. The van der Waals surface area contributed by atoms with Gasteiger partial charge in [-0.3, -0.25) is 15.0 Å². The summed E-state index contributed by atoms with van der Waals surface area (Å²) in [5.74, 6) is 0.240. The maximum absolute atomic E-state index is 13.2. The fourth-order valence-electron chi connectivity index (χ4n) is 3.23. The van der Waals surface area contributed by atoms with Crippen molar-refractivity contribution >= 4 is 15.7 Å². The first-order valence-corrected chi connectivity index (χ1v) is 11.0. The Kier molecular flexibility index (Phi) is 7.24. The summed E-state index contributed by atoms with van der Waals surface area (Å²) in [5.41, 5.74) is 1.50. The van der Waals surface area contributed by atoms with Crippen LogP contribution in [0.15, 0.2) is 53.7 Å². The lowest BCUT2D eigenvalue weighted by molar-refractivity contribution is -0.134. The zero-order valence-corrected chi connectivity index (χ0v) is 17.1. The minimum absolute atomic E-state index is 0.0136. The third kappa shape index (κ3) is 4.72. The van der Waals surface area contributed by atoms with Crippen LogP contribution in [0.1, 0.15) is 19.3 Å². The van der Waals surface area contributed by atoms with Gasteiger partial charge in [0.25, 0.3) is 5.91 Å². The van der Waals surface area contributed by atoms with Crippen LogP contribution >= 0.6 is 0 Å². The highest BCUT2D eigenvalue weighted by Crippen LogP contribution is 2.35. The van der Waals surface area contributed by atoms with Gasteiger partial charge in [0.2, 0.25) is 0 Å². The third-order valence-corrected chi connectivity index (χ3v) is 7.44. The Balaban J connectivity index is 1.59. The number of amides is 1. The molecule has 0 aliphatic carbocycles. The van der Waals surface area contributed by atoms with Gasteiger partial charge in [-0.05, 0) is 49.2 Å². The minimum Gasteiger partial charge on any atom is -0.493 e. The molecule has 2 N–H and O–H groups in total. The summed E-state index contributed by atoms with van der Waals surface area (Å²) in [6.07, 6.45) is 3.87. The number of hydroxylamine groups is 1. The molecule has 1 aromatic carbocycles. The largest absolute Gasteiger partial charge is 0.493 e. The molecule has 0 radical (unpaired) electrons. The molecule has 3 rings (SSSR count). The first-order valence-electron chi connectivity index (χ1n) is 9.52. The second kappa shape index (κ2) is 9.88. The monoisotopic (exact) mass is 436 g/mol. The Morgan fingerprint density at radius 1 is 1.10 bits per heavy atom. The molecule has 0 bridgehead atoms. The summed E-state index contributed by atoms with van der Waals surface area (Å²) in [6, 6.07) is 9.49. The zero-order valence-electron chi connectivity index (χ0n) is 16.3. The Morgan fingerprint density at radius 2 is 1.77 bits per heavy atom. The number of sulfone groups is 1. The van der Waals surface area contributed by atoms with Crippen molar-refractivity contribution in [2.45, 2.75) is 28.9 Å². The van der Waals surface area contributed by atoms with Crippen molar-refractivity contribution in [2.75, 3.05) is 26.4 Å². The van der Waals surface area contributed by atoms with E-state index in [2.05, 4.69) is 4.98 Å². The molecule has 0 atom stereocenters. The lowest BCUT2D eigenvalue weighted by Gasteiger charge is -2.34. The van der Waals surface area contributed by atoms with Gasteiger partial charge in [0.1, 0.15) is 11.5 Å². The molecule has 1 aliphatic rings. The van der Waals surface area contributed by atoms with Crippen molar-refractivity contribution in [3.05, 3.63) is 48.8 Å². The second-order valence-electron chi connectivity index (χ2n) is 6.76. The van der Waals surface area contributed by atoms with Crippen molar-refractivity contribution in [3.8, 4) is 11.5 Å². The topological polar surface area (TPSA) is 124 Å². The lowest BCUT2D eigenvalue weighted by atomic mass is 9.98. The van der Waals surface area contributed by atoms with E-state index in [0.29, 0.717) is 31.1 Å². The minimum atomic E-state index is -4.05. The summed E-state index contributed by atoms with van der Waals surface area (Å²) in [4.78, 5) is 16.2. The van der Waals surface area contributed by atoms with Gasteiger partial charge < -0.3 is 14.2 Å². The molecule has 162 valence electrons. The Hall–Kier alpha value is -2.69. The molecule has 30 heavy (non-hydrogen) atoms. The molecule has 1 fully saturated rings. The van der Waals surface area contributed by atoms with Gasteiger partial charge in [-0.2, -0.15) is 0 Å². The first kappa shape index (κ1) is 22.0. The Labute approximate surface area is 174 Å². The van der Waals surface area contributed by atoms with Crippen molar-refractivity contribution in [1.29, 1.82) is 0 Å². The van der Waals surface area contributed by atoms with E-state index in [0.717, 1.165) is 0 Å². The van der Waals surface area contributed by atoms with Crippen LogP contribution in [0.25, 0.3) is 0 Å². The summed E-state index contributed by atoms with van der Waals surface area (Å²) in [5, 5.41) is 9.08. The van der Waals surface area contributed by atoms with E-state index in [1.807, 2.05) is 6.07 Å². The molecule has 0 spiro atoms. The molecule has 10 heteroatoms. The van der Waals surface area contributed by atoms with Crippen LogP contribution < -0.4 is 15.0 Å². The van der Waals surface area contributed by atoms with Crippen LogP contribution in [-0.4, -0.2) is 55.7 Å². The van der Waals surface area contributed by atoms with E-state index >= 15 is 0 Å². The maximum atomic E-state index is 13.2. The highest BCUT2D eigenvalue weighted by Gasteiger charge is 2.52. The van der Waals surface area contributed by atoms with Gasteiger partial charge >= 0.3 is 0 Å². The van der Waals surface area contributed by atoms with Crippen molar-refractivity contribution < 1.29 is 32.6 Å². The fourth-order valence-corrected chi connectivity index (χ4v) is 5.17. The molecule has 0 saturated carbocycles. The average molecular weight is 436 g/mol. The second-order valence-corrected chi connectivity index (χ2v) is 9.02. The van der Waals surface area contributed by atoms with E-state index in [1.54, 1.807) is 30.6 Å². The molecule has 1 amide bonds. The number of ether oxygens (including phenoxy) is 3. The number of nitrogens with zero attached hydrogens (tertiary/aromatic N) is 1. The summed E-state index contributed by atoms with van der Waals surface area (Å²) < 4.78 is 40.9. The van der Waals surface area contributed by atoms with Gasteiger partial charge in [-0.25, -0.2) is 13.9 Å². The van der Waals surface area contributed by atoms with Crippen LogP contribution in [0.3, 0.4) is 0 Å². The van der Waals surface area contributed by atoms with E-state index in [-0.39, 0.29) is 31.0 Å². The highest BCUT2D eigenvalue weighted by molar-refractivity contribution is 7.93. The third-order valence-electron chi connectivity index (χ3n) is 4.92. The SMILES string of the molecule is O=C(NO)C1(S(=O)(=O)c2ccc(OCCCOc3cccnc3)cc2)CCOCC1. The average Bonchev–Trinajstić information content (AvgIpc) is 2.79. The van der Waals surface area contributed by atoms with Gasteiger partial charge in [-0.15, -0.1) is 0 Å². The Bertz CT molecular complexity index is 927. The van der Waals surface area contributed by atoms with Crippen LogP contribution in [0.2, 0.25) is 0 Å². The van der Waals surface area contributed by atoms with Crippen LogP contribution in [0.4, 0.5) is 0 Å². The predicted molar refractivity (Wildman–Crippen MR) is 106 cm³/mol. The van der Waals surface area contributed by atoms with Crippen molar-refractivity contribution in [2.24, 2.45) is 0 Å². The standard InChI is InChI=1S/C20H24N2O7S/c23-19(22-24)20(8-13-27-14-9-20)30(25,26)18-6-4-16(5-7-18)28-11-2-12-29-17-3-1-10-21-15-17/h1,3-7,10,15,24H,2,8-9,11-14H2,(H,22,23). The molecule has 1 aromatic heterocycles. The van der Waals surface area contributed by atoms with Gasteiger partial charge in [0.05, 0.1) is 24.3 Å². The van der Waals surface area contributed by atoms with Crippen LogP contribution in [0, 0.1) is 0 Å². The van der Waals surface area contributed by atoms with E-state index in [1.165, 1.54) is 17.6 Å². The van der Waals surface area contributed by atoms with Gasteiger partial charge in [0.15, 0.2) is 14.6 Å². The lowest BCUT2D eigenvalue weighted by Crippen LogP contribution is -2.54. The van der Waals surface area contributed by atoms with E-state index in [9.17, 15) is 13.2 Å². The molecular formula is C20H24N2O7S. The smallest absolute Gasteiger partial charge is 0.265 e. The van der Waals surface area contributed by atoms with Crippen molar-refractivity contribution in [3.63, 3.8) is 0 Å². The number of carbonyl (C=O) groups excluding carboxylic acids is 1. The number of aromatic nitrogens is 1. The molecule has 2 aromatic rings. The summed E-state index contributed by atoms with van der Waals surface area (Å²) >= 11 is 0. The van der Waals surface area contributed by atoms with Crippen LogP contribution in [0.5, 0.6) is 11.5 Å². The van der Waals surface area contributed by atoms with Crippen LogP contribution in [-0.2, 0) is 19.4 Å². The maximum Gasteiger partial charge on any atom is 0.265 e. The summed E-state index contributed by atoms with van der Waals surface area (Å²) in [6.45, 7) is 1.09. The first-order chi connectivity index (χ1) is 14.5. The summed E-state index contributed by atoms with van der Waals surface area (Å²) in [7, 11) is -4.05. The van der Waals surface area contributed by atoms with Gasteiger partial charge in [0, 0.05) is 25.8 Å². The predicted octanol–water partition coefficient (Wildman–Crippen LogP) is 1.76. The number of pyridine rings is 1. The number of nitrogens with one attached hydrogen (secondary N) is 1. The quantitative estimate of drug-likeness (QED) is 0.346. The zero-order chi connectivity index (χ0) is 21.5. The molecule has 2 heterocycles. The normalized spacial score (nSPS) is 15.9. The van der Waals surface area contributed by atoms with E-state index in [4.69, 9.17) is 19.4 Å². The van der Waals surface area contributed by atoms with Crippen molar-refractivity contribution in [1.82, 2.24) is 10.5 Å². The number of carbonyl (C=O) groups is 1. The molecule has 1 saturated heterocycles. The molecule has 9 nitrogen and oxygen atoms in total. The number of rotatable bonds is 9. The molecule has 1 aliphatic heterocycles. The molecule has 0 unspecified atom stereocenters. The Morgan fingerprint density at radius 3 is 2.37 bits per heavy atom. The number of hydrogen-bond donors (Lipinski definition) is 2. The van der Waals surface area contributed by atoms with E-state index < -0.39 is 20.5 Å². The number of hydrogen-bond acceptors (Lipinski definition) is 8. The molecular weight excluding hydrogens is 412 g/mol. The van der Waals surface area contributed by atoms with Gasteiger partial charge in [-0.1, -0.05) is 0 Å². The fraction of sp³-hybridized carbons (Fsp3) is 0.400.